The summed E-state index contributed by atoms with van der Waals surface area (Å²) >= 11 is 7.41. The van der Waals surface area contributed by atoms with Crippen molar-refractivity contribution in [3.8, 4) is 16.9 Å². The average Bonchev–Trinajstić information content (AvgIpc) is 3.33. The molecule has 384 valence electrons. The highest BCUT2D eigenvalue weighted by Crippen LogP contribution is 2.64. The Morgan fingerprint density at radius 2 is 1.50 bits per heavy atom. The van der Waals surface area contributed by atoms with E-state index in [1.54, 1.807) is 30.3 Å². The van der Waals surface area contributed by atoms with Crippen molar-refractivity contribution in [2.45, 2.75) is 131 Å². The average molecular weight is 1110 g/mol. The molecule has 72 heavy (non-hydrogen) atoms. The minimum absolute atomic E-state index is 0.0296. The summed E-state index contributed by atoms with van der Waals surface area (Å²) in [5.74, 6) is 1.75. The van der Waals surface area contributed by atoms with Gasteiger partial charge in [-0.3, -0.25) is 14.4 Å². The normalized spacial score (nSPS) is 29.0. The summed E-state index contributed by atoms with van der Waals surface area (Å²) in [6.07, 6.45) is 12.2. The molecule has 12 heteroatoms. The van der Waals surface area contributed by atoms with Crippen LogP contribution in [0.1, 0.15) is 162 Å². The van der Waals surface area contributed by atoms with Gasteiger partial charge in [0.1, 0.15) is 5.75 Å². The zero-order valence-electron chi connectivity index (χ0n) is 43.1. The van der Waals surface area contributed by atoms with Crippen molar-refractivity contribution < 1.29 is 34.1 Å². The predicted octanol–water partition coefficient (Wildman–Crippen LogP) is 13.9. The van der Waals surface area contributed by atoms with Crippen LogP contribution < -0.4 is 16.0 Å². The third kappa shape index (κ3) is 10.2. The zero-order chi connectivity index (χ0) is 51.5. The van der Waals surface area contributed by atoms with Crippen LogP contribution in [-0.2, 0) is 9.53 Å². The minimum atomic E-state index is -0.778. The molecule has 9 rings (SSSR count). The predicted molar refractivity (Wildman–Crippen MR) is 291 cm³/mol. The smallest absolute Gasteiger partial charge is 0.407 e. The lowest BCUT2D eigenvalue weighted by Gasteiger charge is -2.61. The van der Waals surface area contributed by atoms with Gasteiger partial charge in [-0.2, -0.15) is 0 Å². The number of aliphatic hydroxyl groups is 1. The lowest BCUT2D eigenvalue weighted by atomic mass is 9.44. The largest absolute Gasteiger partial charge is 0.507 e. The summed E-state index contributed by atoms with van der Waals surface area (Å²) in [5.41, 5.74) is 3.93. The molecule has 0 radical (unpaired) electrons. The van der Waals surface area contributed by atoms with E-state index < -0.39 is 11.7 Å². The van der Waals surface area contributed by atoms with E-state index in [4.69, 9.17) is 4.74 Å². The molecule has 0 aliphatic heterocycles. The SMILES string of the molecule is CC(C)C1CCC2C(CCC3C(C)(COC(=O)NCC4(C)CC(NC(=O)C(CO)c5ccc(-c6cc(Br)c(Nc7ccc(O)c8c7C(=O)c7ccccc7C8=O)c(Br)c6)cc5)CC(C)(C)C4)CCCC23C)C1. The van der Waals surface area contributed by atoms with Crippen molar-refractivity contribution >= 4 is 66.8 Å². The summed E-state index contributed by atoms with van der Waals surface area (Å²) in [4.78, 5) is 54.8. The Morgan fingerprint density at radius 1 is 0.819 bits per heavy atom. The van der Waals surface area contributed by atoms with E-state index in [-0.39, 0.29) is 74.7 Å². The second-order valence-corrected chi connectivity index (χ2v) is 26.1. The van der Waals surface area contributed by atoms with Crippen molar-refractivity contribution in [3.05, 3.63) is 110 Å². The molecule has 0 bridgehead atoms. The summed E-state index contributed by atoms with van der Waals surface area (Å²) < 4.78 is 7.51. The van der Waals surface area contributed by atoms with E-state index in [9.17, 15) is 29.4 Å². The Kier molecular flexibility index (Phi) is 14.8. The first kappa shape index (κ1) is 52.3. The number of ether oxygens (including phenoxy) is 1. The second kappa shape index (κ2) is 20.3. The number of phenolic OH excluding ortho intramolecular Hbond substituents is 1. The Hall–Kier alpha value is -4.52. The second-order valence-electron chi connectivity index (χ2n) is 24.4. The van der Waals surface area contributed by atoms with Gasteiger partial charge in [0.2, 0.25) is 5.91 Å². The fraction of sp³-hybridized carbons (Fsp3) is 0.533. The van der Waals surface area contributed by atoms with Crippen LogP contribution in [0.2, 0.25) is 0 Å². The summed E-state index contributed by atoms with van der Waals surface area (Å²) in [5, 5.41) is 31.1. The number of hydrogen-bond donors (Lipinski definition) is 5. The number of carbonyl (C=O) groups is 4. The lowest BCUT2D eigenvalue weighted by molar-refractivity contribution is -0.136. The van der Waals surface area contributed by atoms with E-state index in [1.165, 1.54) is 51.0 Å². The molecule has 2 amide bonds. The number of ketones is 2. The molecular weight excluding hydrogens is 1030 g/mol. The summed E-state index contributed by atoms with van der Waals surface area (Å²) in [7, 11) is 0. The number of aliphatic hydroxyl groups excluding tert-OH is 1. The number of fused-ring (bicyclic) bond motifs is 5. The molecule has 4 aromatic rings. The van der Waals surface area contributed by atoms with Crippen molar-refractivity contribution in [1.82, 2.24) is 10.6 Å². The number of aromatic hydroxyl groups is 1. The topological polar surface area (TPSA) is 154 Å². The van der Waals surface area contributed by atoms with E-state index >= 15 is 0 Å². The number of amides is 2. The first-order chi connectivity index (χ1) is 34.1. The molecule has 10 nitrogen and oxygen atoms in total. The molecule has 0 spiro atoms. The molecule has 9 atom stereocenters. The number of anilines is 2. The third-order valence-electron chi connectivity index (χ3n) is 18.2. The van der Waals surface area contributed by atoms with Crippen LogP contribution in [0.25, 0.3) is 11.1 Å². The van der Waals surface area contributed by atoms with E-state index in [2.05, 4.69) is 96.3 Å². The van der Waals surface area contributed by atoms with Gasteiger partial charge in [-0.25, -0.2) is 4.79 Å². The molecule has 9 unspecified atom stereocenters. The number of phenols is 1. The fourth-order valence-corrected chi connectivity index (χ4v) is 16.5. The van der Waals surface area contributed by atoms with E-state index in [1.807, 2.05) is 36.4 Å². The maximum atomic E-state index is 14.0. The molecule has 0 heterocycles. The van der Waals surface area contributed by atoms with E-state index in [0.29, 0.717) is 56.8 Å². The quantitative estimate of drug-likeness (QED) is 0.0774. The molecule has 0 aromatic heterocycles. The number of nitrogens with one attached hydrogen (secondary N) is 3. The molecule has 5 N–H and O–H groups in total. The standard InChI is InChI=1S/C60H73Br2N3O7/c1-34(2)37-17-19-44-38(25-37)18-22-49-59(6,23-10-24-60(44,49)7)33-72-56(71)63-32-58(5)29-40(28-57(3,4)31-58)64-55(70)43(30-66)36-15-13-35(14-16-36)39-26-45(61)52(46(62)27-39)65-47-20-21-48(67)51-50(47)53(68)41-11-8-9-12-42(41)54(51)69/h8-9,11-16,20-21,26-27,34,37-38,40,43-44,49,65-67H,10,17-19,22-25,28-33H2,1-7H3,(H,63,71)(H,64,70). The van der Waals surface area contributed by atoms with Crippen LogP contribution in [0.3, 0.4) is 0 Å². The van der Waals surface area contributed by atoms with Crippen molar-refractivity contribution in [1.29, 1.82) is 0 Å². The molecule has 0 saturated heterocycles. The maximum Gasteiger partial charge on any atom is 0.407 e. The number of halogens is 2. The highest BCUT2D eigenvalue weighted by Gasteiger charge is 2.57. The number of hydrogen-bond acceptors (Lipinski definition) is 8. The van der Waals surface area contributed by atoms with Crippen LogP contribution in [0.4, 0.5) is 16.2 Å². The lowest BCUT2D eigenvalue weighted by Crippen LogP contribution is -2.55. The van der Waals surface area contributed by atoms with Gasteiger partial charge in [0, 0.05) is 38.1 Å². The van der Waals surface area contributed by atoms with Gasteiger partial charge < -0.3 is 30.9 Å². The summed E-state index contributed by atoms with van der Waals surface area (Å²) in [6.45, 7) is 16.9. The minimum Gasteiger partial charge on any atom is -0.507 e. The number of rotatable bonds is 12. The maximum absolute atomic E-state index is 14.0. The Labute approximate surface area is 442 Å². The molecule has 4 saturated carbocycles. The Morgan fingerprint density at radius 3 is 2.17 bits per heavy atom. The highest BCUT2D eigenvalue weighted by molar-refractivity contribution is 9.11. The number of benzene rings is 4. The van der Waals surface area contributed by atoms with Crippen LogP contribution in [0.15, 0.2) is 81.7 Å². The van der Waals surface area contributed by atoms with Crippen LogP contribution in [0, 0.1) is 51.2 Å². The monoisotopic (exact) mass is 1110 g/mol. The van der Waals surface area contributed by atoms with Gasteiger partial charge in [0.15, 0.2) is 11.6 Å². The molecular formula is C60H73Br2N3O7. The van der Waals surface area contributed by atoms with Crippen molar-refractivity contribution in [3.63, 3.8) is 0 Å². The van der Waals surface area contributed by atoms with Crippen LogP contribution in [-0.4, -0.2) is 59.6 Å². The highest BCUT2D eigenvalue weighted by atomic mass is 79.9. The zero-order valence-corrected chi connectivity index (χ0v) is 46.2. The van der Waals surface area contributed by atoms with Gasteiger partial charge in [-0.15, -0.1) is 0 Å². The van der Waals surface area contributed by atoms with Gasteiger partial charge in [-0.1, -0.05) is 103 Å². The van der Waals surface area contributed by atoms with Crippen molar-refractivity contribution in [2.24, 2.45) is 51.2 Å². The van der Waals surface area contributed by atoms with Gasteiger partial charge in [0.25, 0.3) is 0 Å². The fourth-order valence-electron chi connectivity index (χ4n) is 15.1. The van der Waals surface area contributed by atoms with Gasteiger partial charge >= 0.3 is 6.09 Å². The molecule has 5 aliphatic carbocycles. The summed E-state index contributed by atoms with van der Waals surface area (Å²) in [6, 6.07) is 20.9. The third-order valence-corrected chi connectivity index (χ3v) is 19.5. The Balaban J connectivity index is 0.809. The first-order valence-corrected chi connectivity index (χ1v) is 27.9. The van der Waals surface area contributed by atoms with E-state index in [0.717, 1.165) is 54.1 Å². The van der Waals surface area contributed by atoms with Crippen LogP contribution >= 0.6 is 31.9 Å². The molecule has 4 fully saturated rings. The van der Waals surface area contributed by atoms with Crippen LogP contribution in [0.5, 0.6) is 5.75 Å². The number of carbonyl (C=O) groups excluding carboxylic acids is 4. The Bertz CT molecular complexity index is 2730. The number of alkyl carbamates (subject to hydrolysis) is 1. The molecule has 5 aliphatic rings. The van der Waals surface area contributed by atoms with Gasteiger partial charge in [-0.05, 0) is 183 Å². The molecule has 4 aromatic carbocycles. The van der Waals surface area contributed by atoms with Crippen molar-refractivity contribution in [2.75, 3.05) is 25.1 Å². The first-order valence-electron chi connectivity index (χ1n) is 26.4. The van der Waals surface area contributed by atoms with Gasteiger partial charge in [0.05, 0.1) is 41.6 Å².